The largest absolute Gasteiger partial charge is 0.494 e. The predicted molar refractivity (Wildman–Crippen MR) is 114 cm³/mol. The number of carbonyl (C=O) groups is 1. The van der Waals surface area contributed by atoms with E-state index in [-0.39, 0.29) is 18.9 Å². The Labute approximate surface area is 167 Å². The molecule has 0 radical (unpaired) electrons. The van der Waals surface area contributed by atoms with Gasteiger partial charge >= 0.3 is 0 Å². The van der Waals surface area contributed by atoms with Crippen LogP contribution in [-0.2, 0) is 14.8 Å². The van der Waals surface area contributed by atoms with Crippen molar-refractivity contribution >= 4 is 27.3 Å². The first kappa shape index (κ1) is 21.8. The molecule has 0 aromatic heterocycles. The van der Waals surface area contributed by atoms with E-state index in [1.165, 1.54) is 10.6 Å². The van der Waals surface area contributed by atoms with Gasteiger partial charge in [0.2, 0.25) is 15.9 Å². The van der Waals surface area contributed by atoms with Crippen LogP contribution >= 0.6 is 0 Å². The Morgan fingerprint density at radius 1 is 1.11 bits per heavy atom. The minimum absolute atomic E-state index is 0.131. The minimum Gasteiger partial charge on any atom is -0.494 e. The van der Waals surface area contributed by atoms with Crippen LogP contribution < -0.4 is 14.4 Å². The van der Waals surface area contributed by atoms with Crippen molar-refractivity contribution in [3.05, 3.63) is 53.6 Å². The van der Waals surface area contributed by atoms with Gasteiger partial charge in [-0.3, -0.25) is 9.10 Å². The van der Waals surface area contributed by atoms with Gasteiger partial charge in [0.1, 0.15) is 5.75 Å². The normalized spacial score (nSPS) is 11.1. The SMILES string of the molecule is CCOc1ccc(N(CCCC(=O)Nc2cc(C)ccc2C)S(C)(=O)=O)cc1. The highest BCUT2D eigenvalue weighted by Gasteiger charge is 2.18. The van der Waals surface area contributed by atoms with Gasteiger partial charge in [-0.15, -0.1) is 0 Å². The number of anilines is 2. The van der Waals surface area contributed by atoms with Gasteiger partial charge in [-0.2, -0.15) is 0 Å². The second-order valence-corrected chi connectivity index (χ2v) is 8.64. The number of amides is 1. The predicted octanol–water partition coefficient (Wildman–Crippen LogP) is 3.89. The van der Waals surface area contributed by atoms with Gasteiger partial charge in [0.15, 0.2) is 0 Å². The van der Waals surface area contributed by atoms with Gasteiger partial charge in [0.05, 0.1) is 18.6 Å². The molecule has 0 saturated heterocycles. The van der Waals surface area contributed by atoms with Crippen molar-refractivity contribution in [2.75, 3.05) is 29.0 Å². The summed E-state index contributed by atoms with van der Waals surface area (Å²) in [6.45, 7) is 6.57. The van der Waals surface area contributed by atoms with E-state index in [0.717, 1.165) is 16.8 Å². The standard InChI is InChI=1S/C21H28N2O4S/c1-5-27-19-12-10-18(11-13-19)23(28(4,25)26)14-6-7-21(24)22-20-15-16(2)8-9-17(20)3/h8-13,15H,5-7,14H2,1-4H3,(H,22,24). The number of ether oxygens (including phenoxy) is 1. The maximum Gasteiger partial charge on any atom is 0.232 e. The molecule has 0 aliphatic heterocycles. The smallest absolute Gasteiger partial charge is 0.232 e. The fourth-order valence-corrected chi connectivity index (χ4v) is 3.79. The van der Waals surface area contributed by atoms with Crippen molar-refractivity contribution in [1.29, 1.82) is 0 Å². The highest BCUT2D eigenvalue weighted by Crippen LogP contribution is 2.22. The second kappa shape index (κ2) is 9.59. The van der Waals surface area contributed by atoms with E-state index in [2.05, 4.69) is 5.32 Å². The first-order chi connectivity index (χ1) is 13.2. The Morgan fingerprint density at radius 2 is 1.79 bits per heavy atom. The Hall–Kier alpha value is -2.54. The second-order valence-electron chi connectivity index (χ2n) is 6.73. The lowest BCUT2D eigenvalue weighted by Gasteiger charge is -2.22. The zero-order valence-corrected chi connectivity index (χ0v) is 17.7. The topological polar surface area (TPSA) is 75.7 Å². The van der Waals surface area contributed by atoms with E-state index in [4.69, 9.17) is 4.74 Å². The number of benzene rings is 2. The van der Waals surface area contributed by atoms with E-state index in [0.29, 0.717) is 24.5 Å². The Bertz CT molecular complexity index is 909. The number of carbonyl (C=O) groups excluding carboxylic acids is 1. The quantitative estimate of drug-likeness (QED) is 0.688. The molecule has 0 bridgehead atoms. The van der Waals surface area contributed by atoms with Crippen LogP contribution in [0.15, 0.2) is 42.5 Å². The molecule has 2 aromatic rings. The summed E-state index contributed by atoms with van der Waals surface area (Å²) in [5, 5.41) is 2.90. The summed E-state index contributed by atoms with van der Waals surface area (Å²) in [6.07, 6.45) is 1.81. The lowest BCUT2D eigenvalue weighted by Crippen LogP contribution is -2.31. The van der Waals surface area contributed by atoms with Crippen LogP contribution in [0.2, 0.25) is 0 Å². The number of sulfonamides is 1. The van der Waals surface area contributed by atoms with Crippen molar-refractivity contribution < 1.29 is 17.9 Å². The minimum atomic E-state index is -3.45. The molecule has 2 aromatic carbocycles. The summed E-state index contributed by atoms with van der Waals surface area (Å²) in [5.74, 6) is 0.557. The van der Waals surface area contributed by atoms with Gasteiger partial charge in [-0.1, -0.05) is 12.1 Å². The molecular weight excluding hydrogens is 376 g/mol. The molecule has 0 atom stereocenters. The Kier molecular flexibility index (Phi) is 7.45. The number of aryl methyl sites for hydroxylation is 2. The molecule has 0 fully saturated rings. The molecule has 6 nitrogen and oxygen atoms in total. The van der Waals surface area contributed by atoms with Gasteiger partial charge < -0.3 is 10.1 Å². The third-order valence-electron chi connectivity index (χ3n) is 4.27. The van der Waals surface area contributed by atoms with E-state index >= 15 is 0 Å². The van der Waals surface area contributed by atoms with Gasteiger partial charge in [0.25, 0.3) is 0 Å². The summed E-state index contributed by atoms with van der Waals surface area (Å²) in [5.41, 5.74) is 3.41. The van der Waals surface area contributed by atoms with Crippen molar-refractivity contribution in [3.63, 3.8) is 0 Å². The van der Waals surface area contributed by atoms with E-state index in [1.54, 1.807) is 24.3 Å². The van der Waals surface area contributed by atoms with Crippen LogP contribution in [-0.4, -0.2) is 33.7 Å². The molecule has 7 heteroatoms. The number of rotatable bonds is 9. The third-order valence-corrected chi connectivity index (χ3v) is 5.46. The molecule has 0 aliphatic carbocycles. The van der Waals surface area contributed by atoms with Crippen LogP contribution in [0.1, 0.15) is 30.9 Å². The van der Waals surface area contributed by atoms with Gasteiger partial charge in [0, 0.05) is 18.7 Å². The Morgan fingerprint density at radius 3 is 2.39 bits per heavy atom. The fraction of sp³-hybridized carbons (Fsp3) is 0.381. The lowest BCUT2D eigenvalue weighted by molar-refractivity contribution is -0.116. The summed E-state index contributed by atoms with van der Waals surface area (Å²) in [6, 6.07) is 12.8. The monoisotopic (exact) mass is 404 g/mol. The maximum atomic E-state index is 12.3. The maximum absolute atomic E-state index is 12.3. The number of hydrogen-bond donors (Lipinski definition) is 1. The fourth-order valence-electron chi connectivity index (χ4n) is 2.83. The molecule has 0 heterocycles. The van der Waals surface area contributed by atoms with Gasteiger partial charge in [-0.25, -0.2) is 8.42 Å². The van der Waals surface area contributed by atoms with Crippen molar-refractivity contribution in [3.8, 4) is 5.75 Å². The van der Waals surface area contributed by atoms with E-state index < -0.39 is 10.0 Å². The van der Waals surface area contributed by atoms with Crippen LogP contribution in [0.3, 0.4) is 0 Å². The highest BCUT2D eigenvalue weighted by atomic mass is 32.2. The van der Waals surface area contributed by atoms with Crippen molar-refractivity contribution in [2.45, 2.75) is 33.6 Å². The summed E-state index contributed by atoms with van der Waals surface area (Å²) < 4.78 is 31.1. The van der Waals surface area contributed by atoms with E-state index in [1.807, 2.05) is 39.0 Å². The lowest BCUT2D eigenvalue weighted by atomic mass is 10.1. The van der Waals surface area contributed by atoms with Crippen molar-refractivity contribution in [1.82, 2.24) is 0 Å². The molecule has 152 valence electrons. The molecule has 2 rings (SSSR count). The molecule has 1 amide bonds. The average molecular weight is 405 g/mol. The molecule has 0 aliphatic rings. The number of nitrogens with one attached hydrogen (secondary N) is 1. The summed E-state index contributed by atoms with van der Waals surface area (Å²) in [7, 11) is -3.45. The van der Waals surface area contributed by atoms with Crippen LogP contribution in [0.4, 0.5) is 11.4 Å². The first-order valence-corrected chi connectivity index (χ1v) is 11.1. The van der Waals surface area contributed by atoms with Crippen LogP contribution in [0.25, 0.3) is 0 Å². The van der Waals surface area contributed by atoms with Crippen LogP contribution in [0, 0.1) is 13.8 Å². The van der Waals surface area contributed by atoms with Gasteiger partial charge in [-0.05, 0) is 68.7 Å². The zero-order valence-electron chi connectivity index (χ0n) is 16.9. The average Bonchev–Trinajstić information content (AvgIpc) is 2.62. The molecule has 28 heavy (non-hydrogen) atoms. The molecule has 0 spiro atoms. The number of hydrogen-bond acceptors (Lipinski definition) is 4. The summed E-state index contributed by atoms with van der Waals surface area (Å²) >= 11 is 0. The number of nitrogens with zero attached hydrogens (tertiary/aromatic N) is 1. The van der Waals surface area contributed by atoms with E-state index in [9.17, 15) is 13.2 Å². The highest BCUT2D eigenvalue weighted by molar-refractivity contribution is 7.92. The molecule has 1 N–H and O–H groups in total. The zero-order chi connectivity index (χ0) is 20.7. The molecule has 0 saturated carbocycles. The molecule has 0 unspecified atom stereocenters. The first-order valence-electron chi connectivity index (χ1n) is 9.28. The molecular formula is C21H28N2O4S. The summed E-state index contributed by atoms with van der Waals surface area (Å²) in [4.78, 5) is 12.3. The Balaban J connectivity index is 1.98. The van der Waals surface area contributed by atoms with Crippen LogP contribution in [0.5, 0.6) is 5.75 Å². The van der Waals surface area contributed by atoms with Crippen molar-refractivity contribution in [2.24, 2.45) is 0 Å². The third kappa shape index (κ3) is 6.27.